The summed E-state index contributed by atoms with van der Waals surface area (Å²) in [6.07, 6.45) is -2.12. The normalized spacial score (nSPS) is 14.1. The molecule has 0 saturated heterocycles. The standard InChI is InChI=1S/C24H38N2O14P2/c27-7-15-3-17(9-29)18(24(34)4-15)5-25(13-41(35,36)37)21(11-31)22(12-32)26(14-42(38,39)40)6-19-20(10-30)16(8-28)1-2-23(19)33/h1-4,21-22,27-34H,5-14H2,(H2,35,36,37)(H2,38,39,40)/t21-,22?/m1/s1. The number of aliphatic hydroxyl groups excluding tert-OH is 6. The molecule has 0 aliphatic carbocycles. The highest BCUT2D eigenvalue weighted by Gasteiger charge is 2.38. The van der Waals surface area contributed by atoms with E-state index in [0.717, 1.165) is 15.9 Å². The zero-order chi connectivity index (χ0) is 31.8. The molecular formula is C24H38N2O14P2. The van der Waals surface area contributed by atoms with Gasteiger partial charge in [-0.05, 0) is 34.4 Å². The zero-order valence-electron chi connectivity index (χ0n) is 22.5. The minimum Gasteiger partial charge on any atom is -0.508 e. The van der Waals surface area contributed by atoms with Crippen LogP contribution >= 0.6 is 15.2 Å². The molecule has 0 aliphatic heterocycles. The number of hydrogen-bond acceptors (Lipinski definition) is 12. The number of hydrogen-bond donors (Lipinski definition) is 12. The van der Waals surface area contributed by atoms with Crippen LogP contribution in [-0.2, 0) is 48.6 Å². The summed E-state index contributed by atoms with van der Waals surface area (Å²) in [6, 6.07) is 2.06. The Morgan fingerprint density at radius 1 is 0.595 bits per heavy atom. The van der Waals surface area contributed by atoms with E-state index >= 15 is 0 Å². The molecule has 238 valence electrons. The lowest BCUT2D eigenvalue weighted by Gasteiger charge is -2.41. The average molecular weight is 641 g/mol. The largest absolute Gasteiger partial charge is 0.508 e. The Morgan fingerprint density at radius 3 is 1.50 bits per heavy atom. The maximum Gasteiger partial charge on any atom is 0.339 e. The molecule has 0 fully saturated rings. The smallest absolute Gasteiger partial charge is 0.339 e. The highest BCUT2D eigenvalue weighted by Crippen LogP contribution is 2.41. The highest BCUT2D eigenvalue weighted by atomic mass is 31.2. The van der Waals surface area contributed by atoms with Gasteiger partial charge in [0, 0.05) is 24.2 Å². The van der Waals surface area contributed by atoms with Gasteiger partial charge in [0.15, 0.2) is 0 Å². The van der Waals surface area contributed by atoms with E-state index in [1.165, 1.54) is 18.2 Å². The molecule has 2 aromatic rings. The molecule has 0 heterocycles. The summed E-state index contributed by atoms with van der Waals surface area (Å²) in [5.41, 5.74) is 0.453. The van der Waals surface area contributed by atoms with E-state index in [1.807, 2.05) is 0 Å². The minimum atomic E-state index is -4.93. The Morgan fingerprint density at radius 2 is 1.10 bits per heavy atom. The summed E-state index contributed by atoms with van der Waals surface area (Å²) in [7, 11) is -9.85. The van der Waals surface area contributed by atoms with Gasteiger partial charge >= 0.3 is 15.2 Å². The van der Waals surface area contributed by atoms with E-state index in [0.29, 0.717) is 0 Å². The predicted molar refractivity (Wildman–Crippen MR) is 147 cm³/mol. The second kappa shape index (κ2) is 15.7. The fourth-order valence-corrected chi connectivity index (χ4v) is 6.40. The topological polar surface area (TPSA) is 283 Å². The van der Waals surface area contributed by atoms with Crippen molar-refractivity contribution in [2.45, 2.75) is 51.6 Å². The first-order valence-electron chi connectivity index (χ1n) is 12.5. The van der Waals surface area contributed by atoms with Gasteiger partial charge in [-0.2, -0.15) is 0 Å². The van der Waals surface area contributed by atoms with Crippen molar-refractivity contribution >= 4 is 15.2 Å². The van der Waals surface area contributed by atoms with E-state index in [1.54, 1.807) is 0 Å². The van der Waals surface area contributed by atoms with Crippen LogP contribution in [0.25, 0.3) is 0 Å². The van der Waals surface area contributed by atoms with Crippen LogP contribution in [0.2, 0.25) is 0 Å². The lowest BCUT2D eigenvalue weighted by molar-refractivity contribution is 0.0153. The lowest BCUT2D eigenvalue weighted by atomic mass is 9.98. The molecule has 0 radical (unpaired) electrons. The third-order valence-electron chi connectivity index (χ3n) is 6.77. The third-order valence-corrected chi connectivity index (χ3v) is 8.24. The summed E-state index contributed by atoms with van der Waals surface area (Å²) in [4.78, 5) is 41.2. The van der Waals surface area contributed by atoms with Crippen LogP contribution in [0.5, 0.6) is 11.5 Å². The Kier molecular flexibility index (Phi) is 13.5. The quantitative estimate of drug-likeness (QED) is 0.0864. The van der Waals surface area contributed by atoms with Crippen LogP contribution in [-0.4, -0.2) is 108 Å². The van der Waals surface area contributed by atoms with Crippen molar-refractivity contribution < 1.29 is 69.6 Å². The first-order chi connectivity index (χ1) is 19.6. The molecule has 0 amide bonds. The van der Waals surface area contributed by atoms with E-state index in [4.69, 9.17) is 0 Å². The number of aromatic hydroxyl groups is 2. The second-order valence-corrected chi connectivity index (χ2v) is 12.9. The van der Waals surface area contributed by atoms with Crippen molar-refractivity contribution in [2.24, 2.45) is 0 Å². The van der Waals surface area contributed by atoms with Gasteiger partial charge in [0.25, 0.3) is 0 Å². The SMILES string of the molecule is O=P(O)(O)CN(Cc1c(O)ccc(CO)c1CO)C(CO)[C@@H](CO)N(Cc1c(O)cc(CO)cc1CO)CP(=O)(O)O. The van der Waals surface area contributed by atoms with Gasteiger partial charge < -0.3 is 60.4 Å². The van der Waals surface area contributed by atoms with Gasteiger partial charge in [-0.3, -0.25) is 18.9 Å². The Hall–Kier alpha value is -1.98. The zero-order valence-corrected chi connectivity index (χ0v) is 24.3. The van der Waals surface area contributed by atoms with Gasteiger partial charge in [-0.15, -0.1) is 0 Å². The van der Waals surface area contributed by atoms with Crippen LogP contribution < -0.4 is 0 Å². The summed E-state index contributed by atoms with van der Waals surface area (Å²) >= 11 is 0. The molecule has 2 aromatic carbocycles. The summed E-state index contributed by atoms with van der Waals surface area (Å²) in [5, 5.41) is 80.7. The number of phenols is 2. The molecule has 0 aliphatic rings. The Balaban J connectivity index is 2.67. The van der Waals surface area contributed by atoms with Gasteiger partial charge in [0.2, 0.25) is 0 Å². The maximum absolute atomic E-state index is 12.1. The van der Waals surface area contributed by atoms with E-state index < -0.39 is 104 Å². The van der Waals surface area contributed by atoms with Crippen LogP contribution in [0, 0.1) is 0 Å². The fraction of sp³-hybridized carbons (Fsp3) is 0.500. The first kappa shape index (κ1) is 36.2. The molecule has 12 N–H and O–H groups in total. The highest BCUT2D eigenvalue weighted by molar-refractivity contribution is 7.51. The van der Waals surface area contributed by atoms with Crippen molar-refractivity contribution in [3.63, 3.8) is 0 Å². The molecule has 16 nitrogen and oxygen atoms in total. The third kappa shape index (κ3) is 9.77. The Labute approximate surface area is 241 Å². The van der Waals surface area contributed by atoms with Gasteiger partial charge in [-0.25, -0.2) is 0 Å². The number of phenolic OH excluding ortho intramolecular Hbond substituents is 2. The fourth-order valence-electron chi connectivity index (χ4n) is 4.83. The Bertz CT molecular complexity index is 1280. The van der Waals surface area contributed by atoms with E-state index in [9.17, 15) is 69.6 Å². The van der Waals surface area contributed by atoms with Crippen molar-refractivity contribution in [1.82, 2.24) is 9.80 Å². The van der Waals surface area contributed by atoms with Crippen molar-refractivity contribution in [3.05, 3.63) is 57.6 Å². The summed E-state index contributed by atoms with van der Waals surface area (Å²) < 4.78 is 24.3. The van der Waals surface area contributed by atoms with Crippen LogP contribution in [0.1, 0.15) is 33.4 Å². The first-order valence-corrected chi connectivity index (χ1v) is 16.1. The molecule has 0 spiro atoms. The monoisotopic (exact) mass is 640 g/mol. The molecule has 2 rings (SSSR count). The van der Waals surface area contributed by atoms with Crippen molar-refractivity contribution in [1.29, 1.82) is 0 Å². The molecule has 1 unspecified atom stereocenters. The molecule has 2 atom stereocenters. The summed E-state index contributed by atoms with van der Waals surface area (Å²) in [6.45, 7) is -5.32. The summed E-state index contributed by atoms with van der Waals surface area (Å²) in [5.74, 6) is -0.873. The van der Waals surface area contributed by atoms with Crippen molar-refractivity contribution in [2.75, 3.05) is 25.8 Å². The van der Waals surface area contributed by atoms with Gasteiger partial charge in [0.05, 0.1) is 51.7 Å². The second-order valence-electron chi connectivity index (χ2n) is 9.69. The molecular weight excluding hydrogens is 602 g/mol. The predicted octanol–water partition coefficient (Wildman–Crippen LogP) is -1.64. The maximum atomic E-state index is 12.1. The van der Waals surface area contributed by atoms with E-state index in [-0.39, 0.29) is 33.4 Å². The molecule has 18 heteroatoms. The van der Waals surface area contributed by atoms with Gasteiger partial charge in [-0.1, -0.05) is 12.1 Å². The van der Waals surface area contributed by atoms with Crippen LogP contribution in [0.15, 0.2) is 24.3 Å². The molecule has 0 aromatic heterocycles. The van der Waals surface area contributed by atoms with Crippen LogP contribution in [0.4, 0.5) is 0 Å². The van der Waals surface area contributed by atoms with Crippen LogP contribution in [0.3, 0.4) is 0 Å². The number of aliphatic hydroxyl groups is 6. The van der Waals surface area contributed by atoms with Gasteiger partial charge in [0.1, 0.15) is 24.1 Å². The average Bonchev–Trinajstić information content (AvgIpc) is 2.91. The molecule has 0 bridgehead atoms. The van der Waals surface area contributed by atoms with Crippen molar-refractivity contribution in [3.8, 4) is 11.5 Å². The lowest BCUT2D eigenvalue weighted by Crippen LogP contribution is -2.55. The molecule has 42 heavy (non-hydrogen) atoms. The number of benzene rings is 2. The molecule has 0 saturated carbocycles. The number of rotatable bonds is 17. The number of nitrogens with zero attached hydrogens (tertiary/aromatic N) is 2. The minimum absolute atomic E-state index is 0.0318. The van der Waals surface area contributed by atoms with E-state index in [2.05, 4.69) is 0 Å².